The second kappa shape index (κ2) is 5.23. The van der Waals surface area contributed by atoms with E-state index in [1.807, 2.05) is 0 Å². The van der Waals surface area contributed by atoms with Gasteiger partial charge in [-0.2, -0.15) is 0 Å². The first-order chi connectivity index (χ1) is 9.16. The van der Waals surface area contributed by atoms with Crippen molar-refractivity contribution in [3.63, 3.8) is 0 Å². The molecule has 1 N–H and O–H groups in total. The smallest absolute Gasteiger partial charge is 0.194 e. The van der Waals surface area contributed by atoms with Crippen LogP contribution in [0.5, 0.6) is 0 Å². The molecule has 2 aromatic heterocycles. The number of fused-ring (bicyclic) bond motifs is 1. The van der Waals surface area contributed by atoms with Crippen molar-refractivity contribution in [1.82, 2.24) is 19.8 Å². The summed E-state index contributed by atoms with van der Waals surface area (Å²) in [6, 6.07) is 1.24. The Morgan fingerprint density at radius 3 is 2.84 bits per heavy atom. The van der Waals surface area contributed by atoms with Crippen LogP contribution in [0.4, 0.5) is 0 Å². The summed E-state index contributed by atoms with van der Waals surface area (Å²) < 4.78 is 2.20. The average Bonchev–Trinajstić information content (AvgIpc) is 2.90. The van der Waals surface area contributed by atoms with Crippen LogP contribution in [0.25, 0.3) is 4.96 Å². The molecule has 2 unspecified atom stereocenters. The number of thiazole rings is 1. The first-order valence-corrected chi connectivity index (χ1v) is 7.97. The number of hydrogen-bond acceptors (Lipinski definition) is 4. The third kappa shape index (κ3) is 2.42. The molecule has 3 heterocycles. The zero-order chi connectivity index (χ0) is 13.4. The van der Waals surface area contributed by atoms with Crippen LogP contribution >= 0.6 is 11.3 Å². The molecule has 0 spiro atoms. The van der Waals surface area contributed by atoms with E-state index in [-0.39, 0.29) is 0 Å². The largest absolute Gasteiger partial charge is 0.293 e. The highest BCUT2D eigenvalue weighted by atomic mass is 32.1. The number of hydrazine groups is 1. The molecule has 2 atom stereocenters. The van der Waals surface area contributed by atoms with Gasteiger partial charge in [-0.1, -0.05) is 6.42 Å². The number of nitrogens with one attached hydrogen (secondary N) is 1. The van der Waals surface area contributed by atoms with Gasteiger partial charge in [-0.05, 0) is 33.6 Å². The molecule has 2 aromatic rings. The van der Waals surface area contributed by atoms with Crippen molar-refractivity contribution in [2.24, 2.45) is 0 Å². The van der Waals surface area contributed by atoms with Gasteiger partial charge in [-0.25, -0.2) is 15.4 Å². The van der Waals surface area contributed by atoms with E-state index in [1.165, 1.54) is 25.0 Å². The fourth-order valence-corrected chi connectivity index (χ4v) is 3.83. The third-order valence-corrected chi connectivity index (χ3v) is 4.94. The zero-order valence-electron chi connectivity index (χ0n) is 11.9. The van der Waals surface area contributed by atoms with Crippen LogP contribution < -0.4 is 5.43 Å². The van der Waals surface area contributed by atoms with Gasteiger partial charge in [-0.15, -0.1) is 11.3 Å². The molecule has 19 heavy (non-hydrogen) atoms. The van der Waals surface area contributed by atoms with E-state index in [1.54, 1.807) is 11.3 Å². The van der Waals surface area contributed by atoms with Crippen molar-refractivity contribution in [2.75, 3.05) is 0 Å². The molecular formula is C14H22N4S. The number of piperidine rings is 1. The van der Waals surface area contributed by atoms with E-state index in [0.29, 0.717) is 12.1 Å². The molecule has 1 aliphatic heterocycles. The molecule has 104 valence electrons. The molecule has 0 radical (unpaired) electrons. The molecule has 1 saturated heterocycles. The minimum absolute atomic E-state index is 0.620. The fourth-order valence-electron chi connectivity index (χ4n) is 3.05. The molecule has 4 nitrogen and oxygen atoms in total. The summed E-state index contributed by atoms with van der Waals surface area (Å²) in [5.41, 5.74) is 6.04. The van der Waals surface area contributed by atoms with Gasteiger partial charge in [0.2, 0.25) is 0 Å². The van der Waals surface area contributed by atoms with Crippen molar-refractivity contribution in [2.45, 2.75) is 58.7 Å². The van der Waals surface area contributed by atoms with Crippen LogP contribution in [0.1, 0.15) is 44.5 Å². The lowest BCUT2D eigenvalue weighted by Gasteiger charge is -2.39. The van der Waals surface area contributed by atoms with Gasteiger partial charge in [-0.3, -0.25) is 4.40 Å². The summed E-state index contributed by atoms with van der Waals surface area (Å²) in [5.74, 6) is 0. The van der Waals surface area contributed by atoms with E-state index >= 15 is 0 Å². The maximum absolute atomic E-state index is 4.60. The van der Waals surface area contributed by atoms with Crippen LogP contribution in [0.3, 0.4) is 0 Å². The molecule has 0 amide bonds. The number of aryl methyl sites for hydroxylation is 1. The summed E-state index contributed by atoms with van der Waals surface area (Å²) in [6.45, 7) is 7.58. The van der Waals surface area contributed by atoms with Gasteiger partial charge in [0, 0.05) is 23.7 Å². The Labute approximate surface area is 118 Å². The number of aromatic nitrogens is 2. The normalized spacial score (nSPS) is 25.2. The highest BCUT2D eigenvalue weighted by Crippen LogP contribution is 2.21. The topological polar surface area (TPSA) is 32.6 Å². The molecule has 3 rings (SSSR count). The predicted molar refractivity (Wildman–Crippen MR) is 79.3 cm³/mol. The van der Waals surface area contributed by atoms with Crippen LogP contribution in [0, 0.1) is 6.92 Å². The van der Waals surface area contributed by atoms with Crippen LogP contribution in [-0.2, 0) is 6.54 Å². The third-order valence-electron chi connectivity index (χ3n) is 4.18. The number of rotatable bonds is 3. The second-order valence-corrected chi connectivity index (χ2v) is 6.44. The van der Waals surface area contributed by atoms with E-state index < -0.39 is 0 Å². The fraction of sp³-hybridized carbons (Fsp3) is 0.643. The van der Waals surface area contributed by atoms with Gasteiger partial charge in [0.1, 0.15) is 0 Å². The van der Waals surface area contributed by atoms with Crippen LogP contribution in [0.15, 0.2) is 11.6 Å². The lowest BCUT2D eigenvalue weighted by Crippen LogP contribution is -2.51. The maximum atomic E-state index is 4.60. The first-order valence-electron chi connectivity index (χ1n) is 7.09. The summed E-state index contributed by atoms with van der Waals surface area (Å²) in [4.78, 5) is 5.69. The quantitative estimate of drug-likeness (QED) is 0.937. The van der Waals surface area contributed by atoms with Gasteiger partial charge < -0.3 is 0 Å². The summed E-state index contributed by atoms with van der Waals surface area (Å²) in [5, 5.41) is 4.52. The Balaban J connectivity index is 1.74. The van der Waals surface area contributed by atoms with Crippen LogP contribution in [0.2, 0.25) is 0 Å². The SMILES string of the molecule is Cc1nc2sccn2c1CNN1C(C)CCCC1C. The molecular weight excluding hydrogens is 256 g/mol. The van der Waals surface area contributed by atoms with Crippen molar-refractivity contribution in [1.29, 1.82) is 0 Å². The van der Waals surface area contributed by atoms with Gasteiger partial charge in [0.15, 0.2) is 4.96 Å². The lowest BCUT2D eigenvalue weighted by atomic mass is 10.00. The Kier molecular flexibility index (Phi) is 3.60. The van der Waals surface area contributed by atoms with E-state index in [4.69, 9.17) is 0 Å². The molecule has 0 bridgehead atoms. The number of imidazole rings is 1. The van der Waals surface area contributed by atoms with Crippen molar-refractivity contribution >= 4 is 16.3 Å². The Bertz CT molecular complexity index is 549. The molecule has 5 heteroatoms. The van der Waals surface area contributed by atoms with E-state index in [0.717, 1.165) is 17.2 Å². The molecule has 1 aliphatic rings. The summed E-state index contributed by atoms with van der Waals surface area (Å²) >= 11 is 1.70. The molecule has 0 saturated carbocycles. The van der Waals surface area contributed by atoms with Crippen molar-refractivity contribution in [3.8, 4) is 0 Å². The summed E-state index contributed by atoms with van der Waals surface area (Å²) in [6.07, 6.45) is 6.04. The Morgan fingerprint density at radius 2 is 2.11 bits per heavy atom. The van der Waals surface area contributed by atoms with Gasteiger partial charge in [0.25, 0.3) is 0 Å². The van der Waals surface area contributed by atoms with Gasteiger partial charge >= 0.3 is 0 Å². The van der Waals surface area contributed by atoms with E-state index in [9.17, 15) is 0 Å². The minimum atomic E-state index is 0.620. The maximum Gasteiger partial charge on any atom is 0.194 e. The van der Waals surface area contributed by atoms with Crippen LogP contribution in [-0.4, -0.2) is 26.5 Å². The van der Waals surface area contributed by atoms with Crippen molar-refractivity contribution in [3.05, 3.63) is 23.0 Å². The average molecular weight is 278 g/mol. The first kappa shape index (κ1) is 13.1. The minimum Gasteiger partial charge on any atom is -0.293 e. The number of nitrogens with zero attached hydrogens (tertiary/aromatic N) is 3. The Morgan fingerprint density at radius 1 is 1.37 bits per heavy atom. The predicted octanol–water partition coefficient (Wildman–Crippen LogP) is 2.97. The van der Waals surface area contributed by atoms with Crippen molar-refractivity contribution < 1.29 is 0 Å². The zero-order valence-corrected chi connectivity index (χ0v) is 12.7. The number of hydrogen-bond donors (Lipinski definition) is 1. The standard InChI is InChI=1S/C14H22N4S/c1-10-5-4-6-11(2)18(10)15-9-13-12(3)16-14-17(13)7-8-19-14/h7-8,10-11,15H,4-6,9H2,1-3H3. The Hall–Kier alpha value is -0.910. The van der Waals surface area contributed by atoms with E-state index in [2.05, 4.69) is 52.2 Å². The highest BCUT2D eigenvalue weighted by molar-refractivity contribution is 7.15. The second-order valence-electron chi connectivity index (χ2n) is 5.57. The molecule has 0 aliphatic carbocycles. The molecule has 1 fully saturated rings. The summed E-state index contributed by atoms with van der Waals surface area (Å²) in [7, 11) is 0. The highest BCUT2D eigenvalue weighted by Gasteiger charge is 2.24. The van der Waals surface area contributed by atoms with Gasteiger partial charge in [0.05, 0.1) is 17.9 Å². The monoisotopic (exact) mass is 278 g/mol. The molecule has 0 aromatic carbocycles. The lowest BCUT2D eigenvalue weighted by molar-refractivity contribution is 0.0429.